The van der Waals surface area contributed by atoms with E-state index in [2.05, 4.69) is 21.5 Å². The number of urea groups is 1. The first-order valence-corrected chi connectivity index (χ1v) is 8.26. The summed E-state index contributed by atoms with van der Waals surface area (Å²) >= 11 is 11.8. The predicted molar refractivity (Wildman–Crippen MR) is 101 cm³/mol. The molecule has 1 atom stereocenters. The van der Waals surface area contributed by atoms with Crippen LogP contribution in [0.3, 0.4) is 0 Å². The SMILES string of the molecule is CC(=O)Nc1cccc([C@@H](C)NC(=O)NNc2ccc(Cl)cc2Cl)c1. The number of halogens is 2. The molecule has 132 valence electrons. The van der Waals surface area contributed by atoms with E-state index in [4.69, 9.17) is 23.2 Å². The van der Waals surface area contributed by atoms with E-state index in [0.717, 1.165) is 5.56 Å². The zero-order valence-electron chi connectivity index (χ0n) is 13.7. The van der Waals surface area contributed by atoms with Gasteiger partial charge in [-0.2, -0.15) is 0 Å². The van der Waals surface area contributed by atoms with E-state index < -0.39 is 6.03 Å². The average Bonchev–Trinajstić information content (AvgIpc) is 2.53. The highest BCUT2D eigenvalue weighted by Gasteiger charge is 2.10. The summed E-state index contributed by atoms with van der Waals surface area (Å²) in [7, 11) is 0. The van der Waals surface area contributed by atoms with Gasteiger partial charge in [0, 0.05) is 17.6 Å². The summed E-state index contributed by atoms with van der Waals surface area (Å²) in [5.41, 5.74) is 7.29. The molecule has 0 spiro atoms. The average molecular weight is 381 g/mol. The smallest absolute Gasteiger partial charge is 0.330 e. The molecule has 0 heterocycles. The normalized spacial score (nSPS) is 11.4. The molecule has 0 radical (unpaired) electrons. The molecule has 0 aliphatic heterocycles. The molecular formula is C17H18Cl2N4O2. The summed E-state index contributed by atoms with van der Waals surface area (Å²) in [5, 5.41) is 6.39. The van der Waals surface area contributed by atoms with Gasteiger partial charge < -0.3 is 10.6 Å². The lowest BCUT2D eigenvalue weighted by molar-refractivity contribution is -0.114. The molecule has 25 heavy (non-hydrogen) atoms. The number of amides is 3. The zero-order valence-corrected chi connectivity index (χ0v) is 15.2. The third-order valence-electron chi connectivity index (χ3n) is 3.30. The Labute approximate surface area is 155 Å². The molecule has 0 aromatic heterocycles. The van der Waals surface area contributed by atoms with Crippen LogP contribution in [0.5, 0.6) is 0 Å². The fourth-order valence-electron chi connectivity index (χ4n) is 2.12. The van der Waals surface area contributed by atoms with E-state index in [1.165, 1.54) is 6.92 Å². The van der Waals surface area contributed by atoms with Gasteiger partial charge in [0.2, 0.25) is 5.91 Å². The standard InChI is InChI=1S/C17H18Cl2N4O2/c1-10(12-4-3-5-14(8-12)21-11(2)24)20-17(25)23-22-16-7-6-13(18)9-15(16)19/h3-10,22H,1-2H3,(H,21,24)(H2,20,23,25)/t10-/m1/s1. The molecule has 6 nitrogen and oxygen atoms in total. The van der Waals surface area contributed by atoms with Crippen molar-refractivity contribution in [2.45, 2.75) is 19.9 Å². The van der Waals surface area contributed by atoms with E-state index in [1.807, 2.05) is 19.1 Å². The molecule has 2 aromatic rings. The van der Waals surface area contributed by atoms with Crippen LogP contribution < -0.4 is 21.5 Å². The highest BCUT2D eigenvalue weighted by atomic mass is 35.5. The first-order chi connectivity index (χ1) is 11.8. The number of hydrogen-bond acceptors (Lipinski definition) is 3. The maximum Gasteiger partial charge on any atom is 0.333 e. The van der Waals surface area contributed by atoms with Crippen LogP contribution in [0.2, 0.25) is 10.0 Å². The Balaban J connectivity index is 1.92. The van der Waals surface area contributed by atoms with Gasteiger partial charge in [-0.15, -0.1) is 0 Å². The first kappa shape index (κ1) is 18.9. The zero-order chi connectivity index (χ0) is 18.4. The van der Waals surface area contributed by atoms with Crippen LogP contribution in [0.1, 0.15) is 25.5 Å². The van der Waals surface area contributed by atoms with Crippen molar-refractivity contribution in [1.29, 1.82) is 0 Å². The van der Waals surface area contributed by atoms with Crippen LogP contribution in [0, 0.1) is 0 Å². The molecular weight excluding hydrogens is 363 g/mol. The Morgan fingerprint density at radius 3 is 2.52 bits per heavy atom. The van der Waals surface area contributed by atoms with Gasteiger partial charge in [0.1, 0.15) is 0 Å². The number of carbonyl (C=O) groups is 2. The predicted octanol–water partition coefficient (Wildman–Crippen LogP) is 4.34. The van der Waals surface area contributed by atoms with Gasteiger partial charge >= 0.3 is 6.03 Å². The lowest BCUT2D eigenvalue weighted by atomic mass is 10.1. The van der Waals surface area contributed by atoms with Gasteiger partial charge in [0.25, 0.3) is 0 Å². The lowest BCUT2D eigenvalue weighted by Crippen LogP contribution is -2.40. The summed E-state index contributed by atoms with van der Waals surface area (Å²) in [4.78, 5) is 23.1. The quantitative estimate of drug-likeness (QED) is 0.582. The van der Waals surface area contributed by atoms with E-state index in [0.29, 0.717) is 21.4 Å². The molecule has 0 bridgehead atoms. The number of hydrogen-bond donors (Lipinski definition) is 4. The van der Waals surface area contributed by atoms with Crippen LogP contribution in [0.4, 0.5) is 16.2 Å². The molecule has 0 aliphatic carbocycles. The Morgan fingerprint density at radius 1 is 1.08 bits per heavy atom. The Bertz CT molecular complexity index is 783. The van der Waals surface area contributed by atoms with Gasteiger partial charge in [-0.1, -0.05) is 35.3 Å². The molecule has 2 aromatic carbocycles. The van der Waals surface area contributed by atoms with Crippen molar-refractivity contribution in [3.63, 3.8) is 0 Å². The van der Waals surface area contributed by atoms with Crippen molar-refractivity contribution in [2.24, 2.45) is 0 Å². The highest BCUT2D eigenvalue weighted by Crippen LogP contribution is 2.24. The van der Waals surface area contributed by atoms with Gasteiger partial charge in [-0.3, -0.25) is 15.6 Å². The summed E-state index contributed by atoms with van der Waals surface area (Å²) < 4.78 is 0. The lowest BCUT2D eigenvalue weighted by Gasteiger charge is -2.17. The fourth-order valence-corrected chi connectivity index (χ4v) is 2.58. The number of carbonyl (C=O) groups excluding carboxylic acids is 2. The molecule has 0 unspecified atom stereocenters. The minimum atomic E-state index is -0.427. The second-order valence-electron chi connectivity index (χ2n) is 5.38. The minimum Gasteiger partial charge on any atom is -0.330 e. The minimum absolute atomic E-state index is 0.153. The van der Waals surface area contributed by atoms with Crippen LogP contribution in [0.15, 0.2) is 42.5 Å². The molecule has 0 fully saturated rings. The number of hydrazine groups is 1. The maximum atomic E-state index is 12.0. The number of rotatable bonds is 5. The van der Waals surface area contributed by atoms with Crippen molar-refractivity contribution in [2.75, 3.05) is 10.7 Å². The van der Waals surface area contributed by atoms with Crippen LogP contribution in [0.25, 0.3) is 0 Å². The number of anilines is 2. The van der Waals surface area contributed by atoms with Crippen molar-refractivity contribution in [3.05, 3.63) is 58.1 Å². The van der Waals surface area contributed by atoms with Crippen LogP contribution >= 0.6 is 23.2 Å². The van der Waals surface area contributed by atoms with Crippen LogP contribution in [-0.4, -0.2) is 11.9 Å². The maximum absolute atomic E-state index is 12.0. The fraction of sp³-hybridized carbons (Fsp3) is 0.176. The summed E-state index contributed by atoms with van der Waals surface area (Å²) in [6.07, 6.45) is 0. The number of benzene rings is 2. The highest BCUT2D eigenvalue weighted by molar-refractivity contribution is 6.36. The third kappa shape index (κ3) is 5.85. The molecule has 8 heteroatoms. The Hall–Kier alpha value is -2.44. The Kier molecular flexibility index (Phi) is 6.50. The summed E-state index contributed by atoms with van der Waals surface area (Å²) in [6, 6.07) is 11.4. The van der Waals surface area contributed by atoms with E-state index in [-0.39, 0.29) is 11.9 Å². The largest absolute Gasteiger partial charge is 0.333 e. The van der Waals surface area contributed by atoms with Crippen LogP contribution in [-0.2, 0) is 4.79 Å². The Morgan fingerprint density at radius 2 is 1.84 bits per heavy atom. The van der Waals surface area contributed by atoms with Gasteiger partial charge in [-0.25, -0.2) is 4.79 Å². The van der Waals surface area contributed by atoms with Crippen molar-refractivity contribution < 1.29 is 9.59 Å². The van der Waals surface area contributed by atoms with Crippen molar-refractivity contribution in [1.82, 2.24) is 10.7 Å². The van der Waals surface area contributed by atoms with E-state index in [9.17, 15) is 9.59 Å². The second-order valence-corrected chi connectivity index (χ2v) is 6.22. The first-order valence-electron chi connectivity index (χ1n) is 7.50. The third-order valence-corrected chi connectivity index (χ3v) is 3.84. The molecule has 0 aliphatic rings. The molecule has 2 rings (SSSR count). The van der Waals surface area contributed by atoms with Crippen molar-refractivity contribution >= 4 is 46.5 Å². The summed E-state index contributed by atoms with van der Waals surface area (Å²) in [5.74, 6) is -0.153. The molecule has 4 N–H and O–H groups in total. The topological polar surface area (TPSA) is 82.3 Å². The monoisotopic (exact) mass is 380 g/mol. The molecule has 3 amide bonds. The van der Waals surface area contributed by atoms with E-state index in [1.54, 1.807) is 30.3 Å². The van der Waals surface area contributed by atoms with Gasteiger partial charge in [0.15, 0.2) is 0 Å². The number of nitrogens with one attached hydrogen (secondary N) is 4. The molecule has 0 saturated heterocycles. The summed E-state index contributed by atoms with van der Waals surface area (Å²) in [6.45, 7) is 3.27. The van der Waals surface area contributed by atoms with Gasteiger partial charge in [0.05, 0.1) is 16.8 Å². The van der Waals surface area contributed by atoms with Crippen molar-refractivity contribution in [3.8, 4) is 0 Å². The molecule has 0 saturated carbocycles. The van der Waals surface area contributed by atoms with Gasteiger partial charge in [-0.05, 0) is 42.8 Å². The van der Waals surface area contributed by atoms with E-state index >= 15 is 0 Å². The second kappa shape index (κ2) is 8.60.